The highest BCUT2D eigenvalue weighted by Crippen LogP contribution is 2.40. The van der Waals surface area contributed by atoms with Crippen molar-refractivity contribution in [2.75, 3.05) is 13.1 Å². The van der Waals surface area contributed by atoms with Gasteiger partial charge in [0.2, 0.25) is 0 Å². The summed E-state index contributed by atoms with van der Waals surface area (Å²) < 4.78 is 15.5. The minimum Gasteiger partial charge on any atom is -0.393 e. The number of aliphatic hydroxyl groups is 1. The average Bonchev–Trinajstić information content (AvgIpc) is 2.83. The van der Waals surface area contributed by atoms with Gasteiger partial charge >= 0.3 is 0 Å². The quantitative estimate of drug-likeness (QED) is 0.474. The third-order valence-corrected chi connectivity index (χ3v) is 10.3. The monoisotopic (exact) mass is 548 g/mol. The van der Waals surface area contributed by atoms with Crippen LogP contribution in [-0.4, -0.2) is 44.6 Å². The van der Waals surface area contributed by atoms with Crippen LogP contribution in [0.1, 0.15) is 83.8 Å². The molecule has 0 bridgehead atoms. The van der Waals surface area contributed by atoms with Crippen LogP contribution in [0.3, 0.4) is 0 Å². The Kier molecular flexibility index (Phi) is 10.9. The number of hydrogen-bond donors (Lipinski definition) is 2. The van der Waals surface area contributed by atoms with E-state index in [1.807, 2.05) is 25.1 Å². The molecule has 7 atom stereocenters. The molecule has 1 heterocycles. The van der Waals surface area contributed by atoms with Gasteiger partial charge in [0.1, 0.15) is 11.0 Å². The van der Waals surface area contributed by atoms with Gasteiger partial charge in [-0.05, 0) is 99.0 Å². The summed E-state index contributed by atoms with van der Waals surface area (Å²) in [6.07, 6.45) is 7.09. The minimum atomic E-state index is -1.47. The normalized spacial score (nSPS) is 32.5. The number of aliphatic hydroxyl groups excluding tert-OH is 1. The van der Waals surface area contributed by atoms with Gasteiger partial charge in [-0.25, -0.2) is 4.21 Å². The van der Waals surface area contributed by atoms with Gasteiger partial charge in [0.05, 0.1) is 11.4 Å². The number of fused-ring (bicyclic) bond motifs is 1. The van der Waals surface area contributed by atoms with Gasteiger partial charge in [0.25, 0.3) is 5.91 Å². The maximum atomic E-state index is 12.9. The van der Waals surface area contributed by atoms with Crippen molar-refractivity contribution >= 4 is 28.5 Å². The van der Waals surface area contributed by atoms with Crippen LogP contribution in [0.15, 0.2) is 42.1 Å². The molecule has 1 aromatic carbocycles. The largest absolute Gasteiger partial charge is 0.393 e. The fraction of sp³-hybridized carbons (Fsp3) is 0.633. The molecule has 1 aromatic rings. The first-order valence-corrected chi connectivity index (χ1v) is 15.4. The summed E-state index contributed by atoms with van der Waals surface area (Å²) in [5.41, 5.74) is 3.78. The first-order valence-electron chi connectivity index (χ1n) is 13.8. The lowest BCUT2D eigenvalue weighted by Crippen LogP contribution is -2.44. The average molecular weight is 549 g/mol. The fourth-order valence-electron chi connectivity index (χ4n) is 5.69. The highest BCUT2D eigenvalue weighted by molar-refractivity contribution is 7.84. The molecule has 2 N–H and O–H groups in total. The number of hydrogen-bond acceptors (Lipinski definition) is 4. The van der Waals surface area contributed by atoms with E-state index in [9.17, 15) is 14.1 Å². The van der Waals surface area contributed by atoms with Gasteiger partial charge < -0.3 is 10.0 Å². The van der Waals surface area contributed by atoms with E-state index in [0.29, 0.717) is 11.5 Å². The van der Waals surface area contributed by atoms with Gasteiger partial charge in [-0.15, -0.1) is 0 Å². The molecule has 7 heteroatoms. The van der Waals surface area contributed by atoms with E-state index in [1.54, 1.807) is 6.92 Å². The van der Waals surface area contributed by atoms with Crippen LogP contribution in [0.25, 0.3) is 0 Å². The Bertz CT molecular complexity index is 1030. The lowest BCUT2D eigenvalue weighted by atomic mass is 9.69. The molecule has 0 aromatic heterocycles. The Labute approximate surface area is 231 Å². The highest BCUT2D eigenvalue weighted by atomic mass is 35.5. The van der Waals surface area contributed by atoms with Crippen LogP contribution >= 0.6 is 11.6 Å². The van der Waals surface area contributed by atoms with Gasteiger partial charge in [0, 0.05) is 29.4 Å². The Hall–Kier alpha value is -1.63. The van der Waals surface area contributed by atoms with E-state index in [2.05, 4.69) is 43.0 Å². The van der Waals surface area contributed by atoms with Crippen molar-refractivity contribution < 1.29 is 14.1 Å². The Balaban J connectivity index is 1.88. The first-order chi connectivity index (χ1) is 17.5. The summed E-state index contributed by atoms with van der Waals surface area (Å²) in [5, 5.41) is 11.6. The first kappa shape index (κ1) is 29.9. The highest BCUT2D eigenvalue weighted by Gasteiger charge is 2.37. The number of carbonyl (C=O) groups is 1. The molecule has 2 aliphatic rings. The molecule has 7 unspecified atom stereocenters. The number of amides is 1. The van der Waals surface area contributed by atoms with E-state index in [4.69, 9.17) is 11.6 Å². The van der Waals surface area contributed by atoms with Crippen molar-refractivity contribution in [3.05, 3.63) is 58.3 Å². The molecule has 37 heavy (non-hydrogen) atoms. The topological polar surface area (TPSA) is 69.6 Å². The maximum Gasteiger partial charge on any atom is 0.258 e. The zero-order valence-corrected chi connectivity index (χ0v) is 24.7. The SMILES string of the molecule is C=C1/C=C(\C)C(=O)NS(=O)C(C)C(C)CCCC(O)C2CCC2CN1CC(C)c1ccc(Cl)cc1CC. The zero-order valence-electron chi connectivity index (χ0n) is 23.1. The Morgan fingerprint density at radius 3 is 2.62 bits per heavy atom. The summed E-state index contributed by atoms with van der Waals surface area (Å²) in [5.74, 6) is 0.789. The van der Waals surface area contributed by atoms with Crippen molar-refractivity contribution in [3.8, 4) is 0 Å². The lowest BCUT2D eigenvalue weighted by Gasteiger charge is -2.44. The Morgan fingerprint density at radius 2 is 1.97 bits per heavy atom. The molecule has 1 fully saturated rings. The van der Waals surface area contributed by atoms with Crippen molar-refractivity contribution in [1.29, 1.82) is 0 Å². The van der Waals surface area contributed by atoms with Gasteiger partial charge in [-0.1, -0.05) is 51.4 Å². The smallest absolute Gasteiger partial charge is 0.258 e. The third kappa shape index (κ3) is 7.70. The fourth-order valence-corrected chi connectivity index (χ4v) is 6.97. The number of halogens is 1. The maximum absolute atomic E-state index is 12.9. The van der Waals surface area contributed by atoms with E-state index in [0.717, 1.165) is 62.3 Å². The van der Waals surface area contributed by atoms with Crippen molar-refractivity contribution in [2.45, 2.75) is 90.4 Å². The van der Waals surface area contributed by atoms with Crippen LogP contribution < -0.4 is 4.72 Å². The molecule has 1 amide bonds. The van der Waals surface area contributed by atoms with Crippen molar-refractivity contribution in [2.24, 2.45) is 17.8 Å². The summed E-state index contributed by atoms with van der Waals surface area (Å²) in [7, 11) is -1.47. The van der Waals surface area contributed by atoms with Crippen LogP contribution in [0, 0.1) is 17.8 Å². The van der Waals surface area contributed by atoms with Crippen molar-refractivity contribution in [1.82, 2.24) is 9.62 Å². The summed E-state index contributed by atoms with van der Waals surface area (Å²) in [6.45, 7) is 16.0. The van der Waals surface area contributed by atoms with Gasteiger partial charge in [-0.2, -0.15) is 0 Å². The molecule has 3 rings (SSSR count). The molecule has 206 valence electrons. The van der Waals surface area contributed by atoms with E-state index < -0.39 is 11.0 Å². The predicted octanol–water partition coefficient (Wildman–Crippen LogP) is 6.14. The number of rotatable bonds is 4. The molecule has 1 aliphatic carbocycles. The molecule has 1 saturated carbocycles. The van der Waals surface area contributed by atoms with E-state index >= 15 is 0 Å². The standard InChI is InChI=1S/C30H45ClN2O3S/c1-7-24-16-26(31)12-14-27(24)21(4)17-33-18-25-11-13-28(25)29(34)10-8-9-19(2)23(6)37(36)32-30(35)20(3)15-22(33)5/h12,14-16,19,21,23,25,28-29,34H,5,7-11,13,17-18H2,1-4,6H3,(H,32,35)/b20-15+. The molecule has 1 aliphatic heterocycles. The number of nitrogens with one attached hydrogen (secondary N) is 1. The molecular formula is C30H45ClN2O3S. The molecule has 0 spiro atoms. The number of nitrogens with zero attached hydrogens (tertiary/aromatic N) is 1. The Morgan fingerprint density at radius 1 is 1.24 bits per heavy atom. The number of benzene rings is 1. The molecule has 0 saturated heterocycles. The second kappa shape index (κ2) is 13.4. The number of aryl methyl sites for hydroxylation is 1. The van der Waals surface area contributed by atoms with Gasteiger partial charge in [0.15, 0.2) is 0 Å². The van der Waals surface area contributed by atoms with E-state index in [-0.39, 0.29) is 35.0 Å². The van der Waals surface area contributed by atoms with Crippen molar-refractivity contribution in [3.63, 3.8) is 0 Å². The van der Waals surface area contributed by atoms with Gasteiger partial charge in [-0.3, -0.25) is 9.52 Å². The predicted molar refractivity (Wildman–Crippen MR) is 155 cm³/mol. The second-order valence-corrected chi connectivity index (χ2v) is 13.2. The van der Waals surface area contributed by atoms with Crippen LogP contribution in [-0.2, 0) is 22.2 Å². The van der Waals surface area contributed by atoms with Crippen LogP contribution in [0.2, 0.25) is 5.02 Å². The second-order valence-electron chi connectivity index (χ2n) is 11.2. The van der Waals surface area contributed by atoms with Crippen LogP contribution in [0.4, 0.5) is 0 Å². The number of allylic oxidation sites excluding steroid dienone is 1. The zero-order chi connectivity index (χ0) is 27.3. The lowest BCUT2D eigenvalue weighted by molar-refractivity contribution is -0.115. The third-order valence-electron chi connectivity index (χ3n) is 8.58. The summed E-state index contributed by atoms with van der Waals surface area (Å²) >= 11 is 6.26. The van der Waals surface area contributed by atoms with E-state index in [1.165, 1.54) is 11.1 Å². The summed E-state index contributed by atoms with van der Waals surface area (Å²) in [4.78, 5) is 15.1. The minimum absolute atomic E-state index is 0.161. The molecule has 5 nitrogen and oxygen atoms in total. The summed E-state index contributed by atoms with van der Waals surface area (Å²) in [6, 6.07) is 6.11. The van der Waals surface area contributed by atoms with Crippen LogP contribution in [0.5, 0.6) is 0 Å². The molecule has 0 radical (unpaired) electrons. The number of carbonyl (C=O) groups excluding carboxylic acids is 1. The molecular weight excluding hydrogens is 504 g/mol.